The molecule has 0 bridgehead atoms. The normalized spacial score (nSPS) is 10.9. The van der Waals surface area contributed by atoms with Gasteiger partial charge in [-0.15, -0.1) is 0 Å². The molecule has 0 aliphatic heterocycles. The second-order valence-electron chi connectivity index (χ2n) is 9.02. The maximum Gasteiger partial charge on any atom is 0.255 e. The molecule has 172 valence electrons. The summed E-state index contributed by atoms with van der Waals surface area (Å²) in [4.78, 5) is 21.1. The lowest BCUT2D eigenvalue weighted by atomic mass is 9.99. The molecule has 35 heavy (non-hydrogen) atoms. The number of aryl methyl sites for hydroxylation is 2. The standard InChI is InChI=1S/C32H28N2O/c1-23-17-18-27(24(2)19-23)31-20-29(28-15-9-10-16-30(28)33-31)32(35)34(21-25-11-5-3-6-12-25)22-26-13-7-4-8-14-26/h3-20H,21-22H2,1-2H3. The van der Waals surface area contributed by atoms with E-state index >= 15 is 0 Å². The molecule has 0 atom stereocenters. The van der Waals surface area contributed by atoms with Crippen molar-refractivity contribution in [3.8, 4) is 11.3 Å². The van der Waals surface area contributed by atoms with Crippen LogP contribution >= 0.6 is 0 Å². The van der Waals surface area contributed by atoms with Crippen LogP contribution in [-0.2, 0) is 13.1 Å². The van der Waals surface area contributed by atoms with E-state index in [1.165, 1.54) is 5.56 Å². The van der Waals surface area contributed by atoms with Crippen LogP contribution in [-0.4, -0.2) is 15.8 Å². The zero-order chi connectivity index (χ0) is 24.2. The predicted octanol–water partition coefficient (Wildman–Crippen LogP) is 7.36. The Balaban J connectivity index is 1.62. The van der Waals surface area contributed by atoms with E-state index in [4.69, 9.17) is 4.98 Å². The third-order valence-electron chi connectivity index (χ3n) is 6.32. The molecule has 4 aromatic carbocycles. The highest BCUT2D eigenvalue weighted by atomic mass is 16.2. The molecule has 0 fully saturated rings. The Hall–Kier alpha value is -4.24. The zero-order valence-electron chi connectivity index (χ0n) is 20.1. The van der Waals surface area contributed by atoms with E-state index < -0.39 is 0 Å². The highest BCUT2D eigenvalue weighted by Crippen LogP contribution is 2.29. The Labute approximate surface area is 206 Å². The smallest absolute Gasteiger partial charge is 0.255 e. The zero-order valence-corrected chi connectivity index (χ0v) is 20.1. The van der Waals surface area contributed by atoms with Crippen molar-refractivity contribution in [1.29, 1.82) is 0 Å². The van der Waals surface area contributed by atoms with Crippen LogP contribution in [0.3, 0.4) is 0 Å². The van der Waals surface area contributed by atoms with Gasteiger partial charge in [0.15, 0.2) is 0 Å². The van der Waals surface area contributed by atoms with E-state index in [9.17, 15) is 4.79 Å². The topological polar surface area (TPSA) is 33.2 Å². The van der Waals surface area contributed by atoms with E-state index in [0.717, 1.165) is 38.9 Å². The lowest BCUT2D eigenvalue weighted by molar-refractivity contribution is 0.0732. The summed E-state index contributed by atoms with van der Waals surface area (Å²) >= 11 is 0. The van der Waals surface area contributed by atoms with Gasteiger partial charge in [-0.05, 0) is 42.7 Å². The van der Waals surface area contributed by atoms with Gasteiger partial charge in [0, 0.05) is 24.0 Å². The van der Waals surface area contributed by atoms with Crippen molar-refractivity contribution in [3.05, 3.63) is 137 Å². The van der Waals surface area contributed by atoms with Gasteiger partial charge in [-0.1, -0.05) is 103 Å². The molecule has 0 N–H and O–H groups in total. The number of hydrogen-bond acceptors (Lipinski definition) is 2. The number of carbonyl (C=O) groups is 1. The van der Waals surface area contributed by atoms with Gasteiger partial charge in [-0.2, -0.15) is 0 Å². The van der Waals surface area contributed by atoms with Crippen LogP contribution in [0.15, 0.2) is 109 Å². The van der Waals surface area contributed by atoms with Gasteiger partial charge in [-0.3, -0.25) is 4.79 Å². The molecule has 1 amide bonds. The van der Waals surface area contributed by atoms with Gasteiger partial charge in [0.25, 0.3) is 5.91 Å². The molecule has 0 unspecified atom stereocenters. The highest BCUT2D eigenvalue weighted by molar-refractivity contribution is 6.07. The first kappa shape index (κ1) is 22.5. The lowest BCUT2D eigenvalue weighted by Gasteiger charge is -2.24. The molecular formula is C32H28N2O. The number of pyridine rings is 1. The molecule has 0 aliphatic rings. The minimum Gasteiger partial charge on any atom is -0.330 e. The summed E-state index contributed by atoms with van der Waals surface area (Å²) < 4.78 is 0. The SMILES string of the molecule is Cc1ccc(-c2cc(C(=O)N(Cc3ccccc3)Cc3ccccc3)c3ccccc3n2)c(C)c1. The maximum atomic E-state index is 14.2. The fraction of sp³-hybridized carbons (Fsp3) is 0.125. The second kappa shape index (κ2) is 9.94. The third kappa shape index (κ3) is 4.99. The van der Waals surface area contributed by atoms with Gasteiger partial charge in [0.05, 0.1) is 16.8 Å². The van der Waals surface area contributed by atoms with E-state index in [0.29, 0.717) is 18.7 Å². The highest BCUT2D eigenvalue weighted by Gasteiger charge is 2.21. The summed E-state index contributed by atoms with van der Waals surface area (Å²) in [5.41, 5.74) is 7.94. The van der Waals surface area contributed by atoms with Crippen molar-refractivity contribution in [2.45, 2.75) is 26.9 Å². The van der Waals surface area contributed by atoms with Gasteiger partial charge in [0.2, 0.25) is 0 Å². The minimum atomic E-state index is 0.00215. The van der Waals surface area contributed by atoms with Crippen LogP contribution in [0.4, 0.5) is 0 Å². The number of fused-ring (bicyclic) bond motifs is 1. The number of carbonyl (C=O) groups excluding carboxylic acids is 1. The first-order valence-electron chi connectivity index (χ1n) is 11.9. The Morgan fingerprint density at radius 2 is 1.31 bits per heavy atom. The lowest BCUT2D eigenvalue weighted by Crippen LogP contribution is -2.30. The molecule has 5 aromatic rings. The van der Waals surface area contributed by atoms with Crippen LogP contribution in [0.1, 0.15) is 32.6 Å². The monoisotopic (exact) mass is 456 g/mol. The molecule has 0 saturated heterocycles. The molecule has 0 spiro atoms. The molecule has 0 aliphatic carbocycles. The number of para-hydroxylation sites is 1. The quantitative estimate of drug-likeness (QED) is 0.267. The molecule has 5 rings (SSSR count). The average Bonchev–Trinajstić information content (AvgIpc) is 2.88. The van der Waals surface area contributed by atoms with Crippen molar-refractivity contribution in [1.82, 2.24) is 9.88 Å². The van der Waals surface area contributed by atoms with E-state index in [1.807, 2.05) is 71.6 Å². The Kier molecular flexibility index (Phi) is 6.40. The molecule has 0 saturated carbocycles. The van der Waals surface area contributed by atoms with Crippen LogP contribution < -0.4 is 0 Å². The maximum absolute atomic E-state index is 14.2. The summed E-state index contributed by atoms with van der Waals surface area (Å²) in [6.07, 6.45) is 0. The molecule has 3 nitrogen and oxygen atoms in total. The van der Waals surface area contributed by atoms with E-state index in [1.54, 1.807) is 0 Å². The first-order valence-corrected chi connectivity index (χ1v) is 11.9. The van der Waals surface area contributed by atoms with Crippen molar-refractivity contribution >= 4 is 16.8 Å². The van der Waals surface area contributed by atoms with Gasteiger partial charge in [0.1, 0.15) is 0 Å². The van der Waals surface area contributed by atoms with Gasteiger partial charge >= 0.3 is 0 Å². The van der Waals surface area contributed by atoms with Crippen molar-refractivity contribution in [3.63, 3.8) is 0 Å². The van der Waals surface area contributed by atoms with E-state index in [-0.39, 0.29) is 5.91 Å². The first-order chi connectivity index (χ1) is 17.1. The third-order valence-corrected chi connectivity index (χ3v) is 6.32. The van der Waals surface area contributed by atoms with E-state index in [2.05, 4.69) is 56.3 Å². The van der Waals surface area contributed by atoms with Gasteiger partial charge in [-0.25, -0.2) is 4.98 Å². The van der Waals surface area contributed by atoms with Crippen molar-refractivity contribution in [2.24, 2.45) is 0 Å². The fourth-order valence-electron chi connectivity index (χ4n) is 4.57. The number of aromatic nitrogens is 1. The summed E-state index contributed by atoms with van der Waals surface area (Å²) in [6, 6.07) is 36.6. The molecule has 1 heterocycles. The minimum absolute atomic E-state index is 0.00215. The van der Waals surface area contributed by atoms with Crippen molar-refractivity contribution < 1.29 is 4.79 Å². The number of amides is 1. The predicted molar refractivity (Wildman–Crippen MR) is 143 cm³/mol. The summed E-state index contributed by atoms with van der Waals surface area (Å²) in [6.45, 7) is 5.25. The number of hydrogen-bond donors (Lipinski definition) is 0. The fourth-order valence-corrected chi connectivity index (χ4v) is 4.57. The second-order valence-corrected chi connectivity index (χ2v) is 9.02. The summed E-state index contributed by atoms with van der Waals surface area (Å²) in [7, 11) is 0. The molecule has 0 radical (unpaired) electrons. The largest absolute Gasteiger partial charge is 0.330 e. The van der Waals surface area contributed by atoms with Crippen LogP contribution in [0.25, 0.3) is 22.2 Å². The number of nitrogens with zero attached hydrogens (tertiary/aromatic N) is 2. The number of benzene rings is 4. The Bertz CT molecular complexity index is 1430. The Morgan fingerprint density at radius 1 is 0.714 bits per heavy atom. The van der Waals surface area contributed by atoms with Crippen LogP contribution in [0.5, 0.6) is 0 Å². The van der Waals surface area contributed by atoms with Crippen LogP contribution in [0.2, 0.25) is 0 Å². The summed E-state index contributed by atoms with van der Waals surface area (Å²) in [5, 5.41) is 0.872. The van der Waals surface area contributed by atoms with Gasteiger partial charge < -0.3 is 4.90 Å². The average molecular weight is 457 g/mol. The number of rotatable bonds is 6. The molecular weight excluding hydrogens is 428 g/mol. The molecule has 3 heteroatoms. The summed E-state index contributed by atoms with van der Waals surface area (Å²) in [5.74, 6) is 0.00215. The molecule has 1 aromatic heterocycles. The van der Waals surface area contributed by atoms with Crippen molar-refractivity contribution in [2.75, 3.05) is 0 Å². The Morgan fingerprint density at radius 3 is 1.94 bits per heavy atom. The van der Waals surface area contributed by atoms with Crippen LogP contribution in [0, 0.1) is 13.8 Å².